The average molecular weight is 349 g/mol. The van der Waals surface area contributed by atoms with Gasteiger partial charge in [0, 0.05) is 42.6 Å². The van der Waals surface area contributed by atoms with E-state index < -0.39 is 0 Å². The zero-order chi connectivity index (χ0) is 18.3. The van der Waals surface area contributed by atoms with E-state index in [0.29, 0.717) is 6.04 Å². The van der Waals surface area contributed by atoms with Crippen molar-refractivity contribution in [3.8, 4) is 0 Å². The minimum atomic E-state index is 0.535. The second kappa shape index (κ2) is 6.82. The molecule has 0 saturated carbocycles. The van der Waals surface area contributed by atoms with E-state index >= 15 is 0 Å². The van der Waals surface area contributed by atoms with Crippen LogP contribution in [0.2, 0.25) is 0 Å². The van der Waals surface area contributed by atoms with Crippen LogP contribution in [0.1, 0.15) is 28.1 Å². The quantitative estimate of drug-likeness (QED) is 0.726. The van der Waals surface area contributed by atoms with Crippen molar-refractivity contribution in [3.63, 3.8) is 0 Å². The Kier molecular flexibility index (Phi) is 4.51. The Balaban J connectivity index is 1.49. The highest BCUT2D eigenvalue weighted by Crippen LogP contribution is 2.23. The molecule has 1 aromatic carbocycles. The van der Waals surface area contributed by atoms with Crippen LogP contribution < -0.4 is 0 Å². The highest BCUT2D eigenvalue weighted by atomic mass is 15.3. The lowest BCUT2D eigenvalue weighted by Crippen LogP contribution is -2.44. The van der Waals surface area contributed by atoms with Gasteiger partial charge in [-0.3, -0.25) is 4.90 Å². The normalized spacial score (nSPS) is 17.8. The molecule has 5 heteroatoms. The van der Waals surface area contributed by atoms with Crippen LogP contribution in [0.5, 0.6) is 0 Å². The van der Waals surface area contributed by atoms with Crippen molar-refractivity contribution >= 4 is 5.65 Å². The molecule has 0 amide bonds. The number of nitrogens with zero attached hydrogens (tertiary/aromatic N) is 5. The van der Waals surface area contributed by atoms with Crippen LogP contribution in [0.25, 0.3) is 5.65 Å². The minimum absolute atomic E-state index is 0.535. The predicted octanol–water partition coefficient (Wildman–Crippen LogP) is 2.83. The molecule has 1 aliphatic heterocycles. The Bertz CT molecular complexity index is 929. The number of rotatable bonds is 4. The van der Waals surface area contributed by atoms with Gasteiger partial charge >= 0.3 is 0 Å². The Hall–Kier alpha value is -2.24. The molecular weight excluding hydrogens is 322 g/mol. The number of likely N-dealkylation sites (N-methyl/N-ethyl adjacent to an activating group) is 2. The summed E-state index contributed by atoms with van der Waals surface area (Å²) in [5.41, 5.74) is 7.31. The Labute approximate surface area is 155 Å². The molecule has 0 saturated heterocycles. The Morgan fingerprint density at radius 2 is 1.96 bits per heavy atom. The fourth-order valence-corrected chi connectivity index (χ4v) is 4.06. The third-order valence-electron chi connectivity index (χ3n) is 5.43. The van der Waals surface area contributed by atoms with Gasteiger partial charge in [-0.05, 0) is 51.6 Å². The lowest BCUT2D eigenvalue weighted by atomic mass is 9.94. The van der Waals surface area contributed by atoms with E-state index in [1.807, 2.05) is 17.6 Å². The molecule has 0 bridgehead atoms. The SMILES string of the molecule is Cc1cc(C)n2ncc(CN(C)C[C@@H]3Cc4ccccc4CN3C)c2n1. The van der Waals surface area contributed by atoms with Gasteiger partial charge in [-0.15, -0.1) is 0 Å². The zero-order valence-electron chi connectivity index (χ0n) is 16.1. The maximum Gasteiger partial charge on any atom is 0.159 e. The number of aromatic nitrogens is 3. The average Bonchev–Trinajstić information content (AvgIpc) is 2.98. The van der Waals surface area contributed by atoms with E-state index in [2.05, 4.69) is 66.2 Å². The highest BCUT2D eigenvalue weighted by Gasteiger charge is 2.24. The predicted molar refractivity (Wildman–Crippen MR) is 104 cm³/mol. The second-order valence-electron chi connectivity index (χ2n) is 7.68. The molecule has 1 atom stereocenters. The van der Waals surface area contributed by atoms with Crippen molar-refractivity contribution < 1.29 is 0 Å². The lowest BCUT2D eigenvalue weighted by Gasteiger charge is -2.36. The fourth-order valence-electron chi connectivity index (χ4n) is 4.06. The molecule has 0 fully saturated rings. The van der Waals surface area contributed by atoms with Gasteiger partial charge < -0.3 is 4.90 Å². The van der Waals surface area contributed by atoms with Crippen molar-refractivity contribution in [3.05, 3.63) is 64.6 Å². The van der Waals surface area contributed by atoms with Crippen LogP contribution in [-0.2, 0) is 19.5 Å². The summed E-state index contributed by atoms with van der Waals surface area (Å²) in [5, 5.41) is 4.52. The van der Waals surface area contributed by atoms with Crippen LogP contribution in [0.4, 0.5) is 0 Å². The number of benzene rings is 1. The third-order valence-corrected chi connectivity index (χ3v) is 5.43. The van der Waals surface area contributed by atoms with Crippen LogP contribution in [0, 0.1) is 13.8 Å². The maximum atomic E-state index is 4.70. The minimum Gasteiger partial charge on any atom is -0.300 e. The second-order valence-corrected chi connectivity index (χ2v) is 7.68. The van der Waals surface area contributed by atoms with Crippen molar-refractivity contribution in [1.29, 1.82) is 0 Å². The molecule has 26 heavy (non-hydrogen) atoms. The van der Waals surface area contributed by atoms with Crippen LogP contribution in [-0.4, -0.2) is 51.1 Å². The number of hydrogen-bond acceptors (Lipinski definition) is 4. The molecule has 0 unspecified atom stereocenters. The van der Waals surface area contributed by atoms with E-state index in [0.717, 1.165) is 43.1 Å². The first-order chi connectivity index (χ1) is 12.5. The summed E-state index contributed by atoms with van der Waals surface area (Å²) < 4.78 is 1.94. The first kappa shape index (κ1) is 17.2. The van der Waals surface area contributed by atoms with Gasteiger partial charge in [-0.2, -0.15) is 5.10 Å². The van der Waals surface area contributed by atoms with E-state index in [1.165, 1.54) is 16.7 Å². The van der Waals surface area contributed by atoms with E-state index in [1.54, 1.807) is 0 Å². The summed E-state index contributed by atoms with van der Waals surface area (Å²) in [4.78, 5) is 9.57. The molecule has 1 aliphatic rings. The molecule has 0 N–H and O–H groups in total. The van der Waals surface area contributed by atoms with Crippen LogP contribution in [0.15, 0.2) is 36.5 Å². The summed E-state index contributed by atoms with van der Waals surface area (Å²) in [5.74, 6) is 0. The smallest absolute Gasteiger partial charge is 0.159 e. The summed E-state index contributed by atoms with van der Waals surface area (Å²) in [6, 6.07) is 11.4. The van der Waals surface area contributed by atoms with Gasteiger partial charge in [-0.1, -0.05) is 24.3 Å². The largest absolute Gasteiger partial charge is 0.300 e. The molecule has 5 nitrogen and oxygen atoms in total. The van der Waals surface area contributed by atoms with Gasteiger partial charge in [-0.25, -0.2) is 9.50 Å². The molecule has 0 aliphatic carbocycles. The van der Waals surface area contributed by atoms with Gasteiger partial charge in [0.15, 0.2) is 5.65 Å². The molecule has 3 aromatic rings. The maximum absolute atomic E-state index is 4.70. The monoisotopic (exact) mass is 349 g/mol. The summed E-state index contributed by atoms with van der Waals surface area (Å²) in [6.07, 6.45) is 3.08. The zero-order valence-corrected chi connectivity index (χ0v) is 16.1. The van der Waals surface area contributed by atoms with E-state index in [-0.39, 0.29) is 0 Å². The lowest BCUT2D eigenvalue weighted by molar-refractivity contribution is 0.159. The molecule has 0 radical (unpaired) electrons. The number of aryl methyl sites for hydroxylation is 2. The Morgan fingerprint density at radius 3 is 2.77 bits per heavy atom. The highest BCUT2D eigenvalue weighted by molar-refractivity contribution is 5.47. The first-order valence-corrected chi connectivity index (χ1v) is 9.27. The molecular formula is C21H27N5. The van der Waals surface area contributed by atoms with Crippen molar-refractivity contribution in [2.24, 2.45) is 0 Å². The summed E-state index contributed by atoms with van der Waals surface area (Å²) in [6.45, 7) is 7.06. The summed E-state index contributed by atoms with van der Waals surface area (Å²) >= 11 is 0. The number of hydrogen-bond donors (Lipinski definition) is 0. The van der Waals surface area contributed by atoms with Crippen molar-refractivity contribution in [1.82, 2.24) is 24.4 Å². The summed E-state index contributed by atoms with van der Waals surface area (Å²) in [7, 11) is 4.43. The van der Waals surface area contributed by atoms with Gasteiger partial charge in [0.05, 0.1) is 6.20 Å². The van der Waals surface area contributed by atoms with Crippen LogP contribution in [0.3, 0.4) is 0 Å². The first-order valence-electron chi connectivity index (χ1n) is 9.27. The van der Waals surface area contributed by atoms with E-state index in [9.17, 15) is 0 Å². The number of fused-ring (bicyclic) bond motifs is 2. The topological polar surface area (TPSA) is 36.7 Å². The fraction of sp³-hybridized carbons (Fsp3) is 0.429. The molecule has 0 spiro atoms. The van der Waals surface area contributed by atoms with Gasteiger partial charge in [0.25, 0.3) is 0 Å². The standard InChI is InChI=1S/C21H27N5/c1-15-9-16(2)26-21(23-15)19(11-22-26)12-24(3)14-20-10-17-7-5-6-8-18(17)13-25(20)4/h5-9,11,20H,10,12-14H2,1-4H3/t20-/m0/s1. The van der Waals surface area contributed by atoms with Crippen molar-refractivity contribution in [2.75, 3.05) is 20.6 Å². The molecule has 2 aromatic heterocycles. The Morgan fingerprint density at radius 1 is 1.19 bits per heavy atom. The van der Waals surface area contributed by atoms with E-state index in [4.69, 9.17) is 4.98 Å². The molecule has 136 valence electrons. The molecule has 3 heterocycles. The third kappa shape index (κ3) is 3.24. The molecule has 4 rings (SSSR count). The van der Waals surface area contributed by atoms with Crippen molar-refractivity contribution in [2.45, 2.75) is 39.4 Å². The van der Waals surface area contributed by atoms with Gasteiger partial charge in [0.2, 0.25) is 0 Å². The van der Waals surface area contributed by atoms with Crippen LogP contribution >= 0.6 is 0 Å². The van der Waals surface area contributed by atoms with Gasteiger partial charge in [0.1, 0.15) is 0 Å².